The van der Waals surface area contributed by atoms with Gasteiger partial charge in [-0.15, -0.1) is 5.10 Å². The Hall–Kier alpha value is -2.29. The molecule has 0 spiro atoms. The summed E-state index contributed by atoms with van der Waals surface area (Å²) in [6.45, 7) is 1.60. The van der Waals surface area contributed by atoms with Crippen molar-refractivity contribution in [3.8, 4) is 0 Å². The molecule has 19 heavy (non-hydrogen) atoms. The first-order chi connectivity index (χ1) is 9.24. The summed E-state index contributed by atoms with van der Waals surface area (Å²) in [5.41, 5.74) is 0.554. The molecule has 0 bridgehead atoms. The summed E-state index contributed by atoms with van der Waals surface area (Å²) in [5, 5.41) is 20.1. The van der Waals surface area contributed by atoms with Crippen LogP contribution in [0, 0.1) is 0 Å². The van der Waals surface area contributed by atoms with Crippen molar-refractivity contribution in [2.24, 2.45) is 0 Å². The summed E-state index contributed by atoms with van der Waals surface area (Å²) in [7, 11) is 0. The smallest absolute Gasteiger partial charge is 0.306 e. The molecule has 0 saturated carbocycles. The lowest BCUT2D eigenvalue weighted by molar-refractivity contribution is -0.140. The molecule has 1 fully saturated rings. The number of morpholine rings is 1. The fourth-order valence-corrected chi connectivity index (χ4v) is 2.12. The lowest BCUT2D eigenvalue weighted by Crippen LogP contribution is -2.44. The van der Waals surface area contributed by atoms with Gasteiger partial charge in [-0.2, -0.15) is 4.52 Å². The van der Waals surface area contributed by atoms with E-state index in [0.717, 1.165) is 5.82 Å². The number of rotatable bonds is 3. The molecule has 0 radical (unpaired) electrons. The average Bonchev–Trinajstić information content (AvgIpc) is 2.86. The van der Waals surface area contributed by atoms with Gasteiger partial charge in [-0.25, -0.2) is 0 Å². The number of ether oxygens (including phenoxy) is 1. The zero-order valence-electron chi connectivity index (χ0n) is 10.0. The van der Waals surface area contributed by atoms with Gasteiger partial charge in [-0.3, -0.25) is 9.78 Å². The molecule has 3 heterocycles. The standard InChI is InChI=1S/C10H12N6O3/c17-10(18)3-7-6-15(1-2-19-7)9-5-11-4-8-12-13-14-16(8)9/h4-5,7H,1-3,6H2,(H,17,18). The molecule has 0 aliphatic carbocycles. The highest BCUT2D eigenvalue weighted by molar-refractivity contribution is 5.67. The number of carbonyl (C=O) groups is 1. The maximum absolute atomic E-state index is 10.7. The summed E-state index contributed by atoms with van der Waals surface area (Å²) in [6, 6.07) is 0. The van der Waals surface area contributed by atoms with Crippen LogP contribution < -0.4 is 4.90 Å². The van der Waals surface area contributed by atoms with E-state index in [9.17, 15) is 4.79 Å². The van der Waals surface area contributed by atoms with Crippen LogP contribution in [0.15, 0.2) is 12.4 Å². The molecule has 1 N–H and O–H groups in total. The molecular formula is C10H12N6O3. The molecule has 1 saturated heterocycles. The second-order valence-corrected chi connectivity index (χ2v) is 4.25. The highest BCUT2D eigenvalue weighted by atomic mass is 16.5. The van der Waals surface area contributed by atoms with Crippen LogP contribution >= 0.6 is 0 Å². The molecule has 1 unspecified atom stereocenters. The van der Waals surface area contributed by atoms with Crippen LogP contribution in [-0.4, -0.2) is 61.9 Å². The average molecular weight is 264 g/mol. The first-order valence-corrected chi connectivity index (χ1v) is 5.84. The first-order valence-electron chi connectivity index (χ1n) is 5.84. The highest BCUT2D eigenvalue weighted by Gasteiger charge is 2.24. The summed E-state index contributed by atoms with van der Waals surface area (Å²) in [5.74, 6) is -0.133. The number of anilines is 1. The molecule has 1 atom stereocenters. The lowest BCUT2D eigenvalue weighted by atomic mass is 10.2. The third-order valence-electron chi connectivity index (χ3n) is 2.96. The van der Waals surface area contributed by atoms with E-state index >= 15 is 0 Å². The number of hydrogen-bond acceptors (Lipinski definition) is 7. The van der Waals surface area contributed by atoms with Crippen molar-refractivity contribution in [3.05, 3.63) is 12.4 Å². The van der Waals surface area contributed by atoms with E-state index in [0.29, 0.717) is 25.3 Å². The lowest BCUT2D eigenvalue weighted by Gasteiger charge is -2.33. The van der Waals surface area contributed by atoms with Gasteiger partial charge in [0.25, 0.3) is 0 Å². The Bertz CT molecular complexity index is 600. The summed E-state index contributed by atoms with van der Waals surface area (Å²) in [6.07, 6.45) is 2.87. The van der Waals surface area contributed by atoms with Crippen LogP contribution in [0.25, 0.3) is 5.65 Å². The van der Waals surface area contributed by atoms with Gasteiger partial charge < -0.3 is 14.7 Å². The Balaban J connectivity index is 1.85. The fourth-order valence-electron chi connectivity index (χ4n) is 2.12. The topological polar surface area (TPSA) is 106 Å². The number of carboxylic acid groups (broad SMARTS) is 1. The van der Waals surface area contributed by atoms with E-state index in [1.807, 2.05) is 4.90 Å². The summed E-state index contributed by atoms with van der Waals surface area (Å²) in [4.78, 5) is 16.8. The quantitative estimate of drug-likeness (QED) is 0.768. The zero-order chi connectivity index (χ0) is 13.2. The number of aromatic nitrogens is 5. The van der Waals surface area contributed by atoms with Crippen LogP contribution in [0.4, 0.5) is 5.82 Å². The number of aliphatic carboxylic acids is 1. The summed E-state index contributed by atoms with van der Waals surface area (Å²) >= 11 is 0. The number of fused-ring (bicyclic) bond motifs is 1. The van der Waals surface area contributed by atoms with Gasteiger partial charge in [0.15, 0.2) is 11.5 Å². The molecule has 1 aliphatic heterocycles. The van der Waals surface area contributed by atoms with E-state index in [1.54, 1.807) is 16.9 Å². The molecule has 100 valence electrons. The number of tetrazole rings is 1. The zero-order valence-corrected chi connectivity index (χ0v) is 10.0. The predicted octanol–water partition coefficient (Wildman–Crippen LogP) is -0.801. The molecule has 1 aliphatic rings. The minimum Gasteiger partial charge on any atom is -0.481 e. The predicted molar refractivity (Wildman–Crippen MR) is 62.8 cm³/mol. The third-order valence-corrected chi connectivity index (χ3v) is 2.96. The Morgan fingerprint density at radius 3 is 3.26 bits per heavy atom. The Labute approximate surface area is 107 Å². The van der Waals surface area contributed by atoms with Gasteiger partial charge in [0.2, 0.25) is 0 Å². The highest BCUT2D eigenvalue weighted by Crippen LogP contribution is 2.17. The van der Waals surface area contributed by atoms with Crippen LogP contribution in [0.3, 0.4) is 0 Å². The second kappa shape index (κ2) is 4.76. The minimum absolute atomic E-state index is 0.0183. The van der Waals surface area contributed by atoms with E-state index in [4.69, 9.17) is 9.84 Å². The van der Waals surface area contributed by atoms with Crippen molar-refractivity contribution < 1.29 is 14.6 Å². The molecule has 0 aromatic carbocycles. The number of nitrogens with zero attached hydrogens (tertiary/aromatic N) is 6. The normalized spacial score (nSPS) is 19.8. The Kier molecular flexibility index (Phi) is 2.95. The second-order valence-electron chi connectivity index (χ2n) is 4.25. The van der Waals surface area contributed by atoms with Crippen molar-refractivity contribution in [2.45, 2.75) is 12.5 Å². The Morgan fingerprint density at radius 2 is 2.42 bits per heavy atom. The van der Waals surface area contributed by atoms with Crippen LogP contribution in [0.2, 0.25) is 0 Å². The summed E-state index contributed by atoms with van der Waals surface area (Å²) < 4.78 is 7.01. The maximum atomic E-state index is 10.7. The number of carboxylic acids is 1. The van der Waals surface area contributed by atoms with Gasteiger partial charge >= 0.3 is 5.97 Å². The molecule has 0 amide bonds. The van der Waals surface area contributed by atoms with Crippen molar-refractivity contribution in [2.75, 3.05) is 24.6 Å². The fraction of sp³-hybridized carbons (Fsp3) is 0.500. The van der Waals surface area contributed by atoms with Crippen molar-refractivity contribution >= 4 is 17.4 Å². The van der Waals surface area contributed by atoms with Crippen molar-refractivity contribution in [1.82, 2.24) is 25.0 Å². The molecular weight excluding hydrogens is 252 g/mol. The van der Waals surface area contributed by atoms with E-state index in [-0.39, 0.29) is 12.5 Å². The van der Waals surface area contributed by atoms with E-state index in [2.05, 4.69) is 20.5 Å². The van der Waals surface area contributed by atoms with Gasteiger partial charge in [0.1, 0.15) is 0 Å². The molecule has 9 heteroatoms. The van der Waals surface area contributed by atoms with E-state index < -0.39 is 5.97 Å². The SMILES string of the molecule is O=C(O)CC1CN(c2cncc3nnnn23)CCO1. The van der Waals surface area contributed by atoms with Crippen LogP contribution in [0.5, 0.6) is 0 Å². The Morgan fingerprint density at radius 1 is 1.53 bits per heavy atom. The van der Waals surface area contributed by atoms with Crippen molar-refractivity contribution in [1.29, 1.82) is 0 Å². The molecule has 9 nitrogen and oxygen atoms in total. The minimum atomic E-state index is -0.870. The third kappa shape index (κ3) is 2.32. The van der Waals surface area contributed by atoms with Crippen molar-refractivity contribution in [3.63, 3.8) is 0 Å². The number of hydrogen-bond donors (Lipinski definition) is 1. The maximum Gasteiger partial charge on any atom is 0.306 e. The van der Waals surface area contributed by atoms with Gasteiger partial charge in [0.05, 0.1) is 31.5 Å². The van der Waals surface area contributed by atoms with Gasteiger partial charge in [0, 0.05) is 13.1 Å². The van der Waals surface area contributed by atoms with Crippen LogP contribution in [-0.2, 0) is 9.53 Å². The largest absolute Gasteiger partial charge is 0.481 e. The molecule has 2 aromatic rings. The monoisotopic (exact) mass is 264 g/mol. The molecule has 3 rings (SSSR count). The first kappa shape index (κ1) is 11.8. The molecule has 2 aromatic heterocycles. The van der Waals surface area contributed by atoms with E-state index in [1.165, 1.54) is 0 Å². The van der Waals surface area contributed by atoms with Crippen LogP contribution in [0.1, 0.15) is 6.42 Å². The van der Waals surface area contributed by atoms with Gasteiger partial charge in [-0.05, 0) is 10.4 Å². The van der Waals surface area contributed by atoms with Gasteiger partial charge in [-0.1, -0.05) is 0 Å².